The van der Waals surface area contributed by atoms with Crippen molar-refractivity contribution in [3.8, 4) is 11.5 Å². The summed E-state index contributed by atoms with van der Waals surface area (Å²) in [5.41, 5.74) is 3.72. The summed E-state index contributed by atoms with van der Waals surface area (Å²) in [6.07, 6.45) is 3.63. The molecule has 0 fully saturated rings. The average molecular weight is 357 g/mol. The first-order valence-corrected chi connectivity index (χ1v) is 9.50. The largest absolute Gasteiger partial charge is 0.420 e. The number of thioether (sulfide) groups is 1. The molecule has 2 aromatic carbocycles. The van der Waals surface area contributed by atoms with Crippen LogP contribution < -0.4 is 0 Å². The van der Waals surface area contributed by atoms with Gasteiger partial charge in [-0.05, 0) is 42.5 Å². The molecule has 0 spiro atoms. The van der Waals surface area contributed by atoms with Gasteiger partial charge in [-0.1, -0.05) is 48.0 Å². The number of benzene rings is 2. The van der Waals surface area contributed by atoms with Gasteiger partial charge in [-0.25, -0.2) is 0 Å². The Morgan fingerprint density at radius 1 is 1.08 bits per heavy atom. The SMILES string of the molecule is Clc1ccccc1-c1nnc(CSC2CCCc3ccccc32)o1. The fourth-order valence-electron chi connectivity index (χ4n) is 3.11. The standard InChI is InChI=1S/C19H17ClN2OS/c20-16-10-4-3-9-15(16)19-22-21-18(23-19)12-24-17-11-5-7-13-6-1-2-8-14(13)17/h1-4,6,8-10,17H,5,7,11-12H2. The Hall–Kier alpha value is -1.78. The van der Waals surface area contributed by atoms with Crippen molar-refractivity contribution in [3.63, 3.8) is 0 Å². The molecule has 5 heteroatoms. The van der Waals surface area contributed by atoms with Crippen molar-refractivity contribution in [1.82, 2.24) is 10.2 Å². The van der Waals surface area contributed by atoms with Crippen molar-refractivity contribution in [3.05, 3.63) is 70.6 Å². The third-order valence-corrected chi connectivity index (χ3v) is 5.93. The normalized spacial score (nSPS) is 16.8. The molecule has 0 bridgehead atoms. The molecule has 1 aliphatic carbocycles. The molecule has 1 unspecified atom stereocenters. The van der Waals surface area contributed by atoms with E-state index in [1.807, 2.05) is 36.0 Å². The van der Waals surface area contributed by atoms with Crippen LogP contribution in [0.4, 0.5) is 0 Å². The molecule has 0 saturated carbocycles. The van der Waals surface area contributed by atoms with Crippen LogP contribution in [0, 0.1) is 0 Å². The molecule has 1 aliphatic rings. The number of aromatic nitrogens is 2. The van der Waals surface area contributed by atoms with Crippen LogP contribution in [0.1, 0.15) is 35.1 Å². The molecular weight excluding hydrogens is 340 g/mol. The monoisotopic (exact) mass is 356 g/mol. The van der Waals surface area contributed by atoms with Crippen LogP contribution in [0.25, 0.3) is 11.5 Å². The molecule has 0 radical (unpaired) electrons. The molecule has 1 atom stereocenters. The van der Waals surface area contributed by atoms with Crippen molar-refractivity contribution in [2.24, 2.45) is 0 Å². The summed E-state index contributed by atoms with van der Waals surface area (Å²) in [4.78, 5) is 0. The van der Waals surface area contributed by atoms with Gasteiger partial charge in [0.15, 0.2) is 0 Å². The van der Waals surface area contributed by atoms with Gasteiger partial charge in [-0.3, -0.25) is 0 Å². The molecule has 0 saturated heterocycles. The molecule has 0 aliphatic heterocycles. The van der Waals surface area contributed by atoms with Gasteiger partial charge in [0, 0.05) is 5.25 Å². The van der Waals surface area contributed by atoms with E-state index in [-0.39, 0.29) is 0 Å². The topological polar surface area (TPSA) is 38.9 Å². The molecule has 1 aromatic heterocycles. The molecular formula is C19H17ClN2OS. The summed E-state index contributed by atoms with van der Waals surface area (Å²) in [6, 6.07) is 16.3. The molecule has 4 rings (SSSR count). The summed E-state index contributed by atoms with van der Waals surface area (Å²) in [7, 11) is 0. The predicted octanol–water partition coefficient (Wildman–Crippen LogP) is 5.70. The Balaban J connectivity index is 1.47. The minimum absolute atomic E-state index is 0.486. The molecule has 24 heavy (non-hydrogen) atoms. The van der Waals surface area contributed by atoms with Crippen LogP contribution in [0.5, 0.6) is 0 Å². The highest BCUT2D eigenvalue weighted by Gasteiger charge is 2.21. The van der Waals surface area contributed by atoms with Crippen LogP contribution in [-0.4, -0.2) is 10.2 Å². The van der Waals surface area contributed by atoms with E-state index < -0.39 is 0 Å². The molecule has 0 N–H and O–H groups in total. The summed E-state index contributed by atoms with van der Waals surface area (Å²) in [5, 5.41) is 9.45. The van der Waals surface area contributed by atoms with E-state index >= 15 is 0 Å². The number of hydrogen-bond acceptors (Lipinski definition) is 4. The van der Waals surface area contributed by atoms with Crippen LogP contribution in [0.3, 0.4) is 0 Å². The van der Waals surface area contributed by atoms with Gasteiger partial charge in [0.1, 0.15) is 0 Å². The van der Waals surface area contributed by atoms with Crippen molar-refractivity contribution in [2.45, 2.75) is 30.3 Å². The van der Waals surface area contributed by atoms with Crippen molar-refractivity contribution in [1.29, 1.82) is 0 Å². The Morgan fingerprint density at radius 3 is 2.83 bits per heavy atom. The third-order valence-electron chi connectivity index (χ3n) is 4.29. The van der Waals surface area contributed by atoms with Crippen LogP contribution >= 0.6 is 23.4 Å². The number of halogens is 1. The minimum Gasteiger partial charge on any atom is -0.420 e. The lowest BCUT2D eigenvalue weighted by Gasteiger charge is -2.24. The number of nitrogens with zero attached hydrogens (tertiary/aromatic N) is 2. The molecule has 3 aromatic rings. The molecule has 3 nitrogen and oxygen atoms in total. The van der Waals surface area contributed by atoms with E-state index in [0.29, 0.717) is 22.1 Å². The fraction of sp³-hybridized carbons (Fsp3) is 0.263. The van der Waals surface area contributed by atoms with Gasteiger partial charge in [-0.2, -0.15) is 0 Å². The highest BCUT2D eigenvalue weighted by atomic mass is 35.5. The van der Waals surface area contributed by atoms with E-state index in [2.05, 4.69) is 34.5 Å². The van der Waals surface area contributed by atoms with Crippen LogP contribution in [-0.2, 0) is 12.2 Å². The number of fused-ring (bicyclic) bond motifs is 1. The summed E-state index contributed by atoms with van der Waals surface area (Å²) in [5.74, 6) is 1.86. The second-order valence-electron chi connectivity index (χ2n) is 5.87. The van der Waals surface area contributed by atoms with E-state index in [9.17, 15) is 0 Å². The predicted molar refractivity (Wildman–Crippen MR) is 98.2 cm³/mol. The summed E-state index contributed by atoms with van der Waals surface area (Å²) >= 11 is 8.07. The van der Waals surface area contributed by atoms with E-state index in [0.717, 1.165) is 11.3 Å². The minimum atomic E-state index is 0.486. The zero-order valence-electron chi connectivity index (χ0n) is 13.1. The molecule has 1 heterocycles. The van der Waals surface area contributed by atoms with Crippen molar-refractivity contribution >= 4 is 23.4 Å². The average Bonchev–Trinajstić information content (AvgIpc) is 3.09. The van der Waals surface area contributed by atoms with Gasteiger partial charge in [0.2, 0.25) is 11.8 Å². The lowest BCUT2D eigenvalue weighted by Crippen LogP contribution is -2.07. The maximum absolute atomic E-state index is 6.19. The van der Waals surface area contributed by atoms with E-state index in [1.54, 1.807) is 0 Å². The van der Waals surface area contributed by atoms with Crippen LogP contribution in [0.15, 0.2) is 52.9 Å². The lowest BCUT2D eigenvalue weighted by atomic mass is 9.91. The quantitative estimate of drug-likeness (QED) is 0.601. The van der Waals surface area contributed by atoms with E-state index in [4.69, 9.17) is 16.0 Å². The third kappa shape index (κ3) is 3.21. The summed E-state index contributed by atoms with van der Waals surface area (Å²) in [6.45, 7) is 0. The second-order valence-corrected chi connectivity index (χ2v) is 7.47. The molecule has 0 amide bonds. The Morgan fingerprint density at radius 2 is 1.92 bits per heavy atom. The first-order valence-electron chi connectivity index (χ1n) is 8.08. The maximum Gasteiger partial charge on any atom is 0.249 e. The zero-order chi connectivity index (χ0) is 16.4. The highest BCUT2D eigenvalue weighted by molar-refractivity contribution is 7.98. The van der Waals surface area contributed by atoms with Crippen molar-refractivity contribution < 1.29 is 4.42 Å². The highest BCUT2D eigenvalue weighted by Crippen LogP contribution is 2.41. The van der Waals surface area contributed by atoms with Crippen LogP contribution in [0.2, 0.25) is 5.02 Å². The fourth-order valence-corrected chi connectivity index (χ4v) is 4.53. The van der Waals surface area contributed by atoms with E-state index in [1.165, 1.54) is 30.4 Å². The zero-order valence-corrected chi connectivity index (χ0v) is 14.7. The van der Waals surface area contributed by atoms with Gasteiger partial charge in [0.25, 0.3) is 0 Å². The molecule has 122 valence electrons. The van der Waals surface area contributed by atoms with Gasteiger partial charge < -0.3 is 4.42 Å². The number of aryl methyl sites for hydroxylation is 1. The number of rotatable bonds is 4. The van der Waals surface area contributed by atoms with Crippen molar-refractivity contribution in [2.75, 3.05) is 0 Å². The smallest absolute Gasteiger partial charge is 0.249 e. The van der Waals surface area contributed by atoms with Gasteiger partial charge >= 0.3 is 0 Å². The Labute approximate surface area is 150 Å². The Bertz CT molecular complexity index is 849. The van der Waals surface area contributed by atoms with Gasteiger partial charge in [-0.15, -0.1) is 22.0 Å². The first-order chi connectivity index (χ1) is 11.8. The lowest BCUT2D eigenvalue weighted by molar-refractivity contribution is 0.528. The van der Waals surface area contributed by atoms with Gasteiger partial charge in [0.05, 0.1) is 16.3 Å². The second kappa shape index (κ2) is 6.99. The summed E-state index contributed by atoms with van der Waals surface area (Å²) < 4.78 is 5.80. The Kier molecular flexibility index (Phi) is 4.58. The first kappa shape index (κ1) is 15.7. The maximum atomic E-state index is 6.19. The number of hydrogen-bond donors (Lipinski definition) is 0.